The van der Waals surface area contributed by atoms with Crippen molar-refractivity contribution in [2.24, 2.45) is 0 Å². The Morgan fingerprint density at radius 3 is 2.41 bits per heavy atom. The van der Waals surface area contributed by atoms with Crippen molar-refractivity contribution in [3.05, 3.63) is 29.8 Å². The van der Waals surface area contributed by atoms with Gasteiger partial charge in [-0.2, -0.15) is 0 Å². The fourth-order valence-electron chi connectivity index (χ4n) is 1.66. The van der Waals surface area contributed by atoms with Gasteiger partial charge in [-0.1, -0.05) is 12.1 Å². The molecule has 0 aliphatic rings. The number of hydrogen-bond donors (Lipinski definition) is 2. The van der Waals surface area contributed by atoms with Crippen molar-refractivity contribution in [1.29, 1.82) is 0 Å². The molecule has 4 nitrogen and oxygen atoms in total. The number of carboxylic acid groups (broad SMARTS) is 1. The molecule has 17 heavy (non-hydrogen) atoms. The maximum atomic E-state index is 11.2. The molecular weight excluding hydrogens is 238 g/mol. The summed E-state index contributed by atoms with van der Waals surface area (Å²) < 4.78 is 0. The van der Waals surface area contributed by atoms with Gasteiger partial charge in [0.15, 0.2) is 0 Å². The first-order valence-electron chi connectivity index (χ1n) is 5.28. The van der Waals surface area contributed by atoms with Gasteiger partial charge in [0.05, 0.1) is 6.61 Å². The summed E-state index contributed by atoms with van der Waals surface area (Å²) in [5.41, 5.74) is 0.728. The molecule has 0 aliphatic carbocycles. The third-order valence-electron chi connectivity index (χ3n) is 2.56. The highest BCUT2D eigenvalue weighted by Crippen LogP contribution is 2.22. The van der Waals surface area contributed by atoms with Gasteiger partial charge in [0, 0.05) is 11.4 Å². The van der Waals surface area contributed by atoms with Crippen LogP contribution in [-0.4, -0.2) is 47.5 Å². The van der Waals surface area contributed by atoms with E-state index in [2.05, 4.69) is 0 Å². The summed E-state index contributed by atoms with van der Waals surface area (Å²) in [5, 5.41) is 18.1. The lowest BCUT2D eigenvalue weighted by Crippen LogP contribution is -2.32. The lowest BCUT2D eigenvalue weighted by atomic mass is 10.1. The van der Waals surface area contributed by atoms with Crippen LogP contribution in [0.5, 0.6) is 0 Å². The molecule has 2 N–H and O–H groups in total. The molecule has 0 fully saturated rings. The Balaban J connectivity index is 2.93. The van der Waals surface area contributed by atoms with Gasteiger partial charge in [0.25, 0.3) is 0 Å². The molecule has 1 aromatic carbocycles. The zero-order valence-corrected chi connectivity index (χ0v) is 10.8. The van der Waals surface area contributed by atoms with Crippen LogP contribution in [0, 0.1) is 0 Å². The van der Waals surface area contributed by atoms with Gasteiger partial charge in [0.1, 0.15) is 6.04 Å². The minimum absolute atomic E-state index is 0.0524. The predicted molar refractivity (Wildman–Crippen MR) is 68.3 cm³/mol. The summed E-state index contributed by atoms with van der Waals surface area (Å²) in [6, 6.07) is 6.74. The van der Waals surface area contributed by atoms with E-state index in [9.17, 15) is 9.90 Å². The van der Waals surface area contributed by atoms with Gasteiger partial charge in [-0.25, -0.2) is 0 Å². The van der Waals surface area contributed by atoms with Crippen molar-refractivity contribution in [3.63, 3.8) is 0 Å². The van der Waals surface area contributed by atoms with Gasteiger partial charge < -0.3 is 10.2 Å². The Hall–Kier alpha value is -1.04. The van der Waals surface area contributed by atoms with Gasteiger partial charge in [0.2, 0.25) is 0 Å². The van der Waals surface area contributed by atoms with Crippen molar-refractivity contribution in [2.75, 3.05) is 26.5 Å². The lowest BCUT2D eigenvalue weighted by Gasteiger charge is -2.24. The second-order valence-corrected chi connectivity index (χ2v) is 4.60. The minimum atomic E-state index is -0.905. The van der Waals surface area contributed by atoms with Crippen LogP contribution < -0.4 is 0 Å². The number of hydrogen-bond acceptors (Lipinski definition) is 4. The van der Waals surface area contributed by atoms with Crippen molar-refractivity contribution in [1.82, 2.24) is 4.90 Å². The van der Waals surface area contributed by atoms with E-state index in [1.165, 1.54) is 0 Å². The molecule has 0 saturated heterocycles. The third-order valence-corrected chi connectivity index (χ3v) is 3.30. The molecule has 0 aromatic heterocycles. The second-order valence-electron chi connectivity index (χ2n) is 3.72. The van der Waals surface area contributed by atoms with Crippen LogP contribution in [0.2, 0.25) is 0 Å². The number of nitrogens with zero attached hydrogens (tertiary/aromatic N) is 1. The number of carbonyl (C=O) groups is 1. The zero-order chi connectivity index (χ0) is 12.8. The number of aliphatic hydroxyl groups is 1. The summed E-state index contributed by atoms with van der Waals surface area (Å²) in [4.78, 5) is 14.0. The van der Waals surface area contributed by atoms with Gasteiger partial charge in [-0.15, -0.1) is 11.8 Å². The number of rotatable bonds is 6. The first-order valence-corrected chi connectivity index (χ1v) is 6.50. The average Bonchev–Trinajstić information content (AvgIpc) is 2.30. The zero-order valence-electron chi connectivity index (χ0n) is 9.96. The first kappa shape index (κ1) is 14.0. The molecule has 1 rings (SSSR count). The van der Waals surface area contributed by atoms with E-state index in [1.807, 2.05) is 30.5 Å². The van der Waals surface area contributed by atoms with Gasteiger partial charge in [-0.05, 0) is 31.0 Å². The summed E-state index contributed by atoms with van der Waals surface area (Å²) >= 11 is 1.62. The van der Waals surface area contributed by atoms with Crippen molar-refractivity contribution >= 4 is 17.7 Å². The number of aliphatic carboxylic acids is 1. The molecule has 1 unspecified atom stereocenters. The number of benzene rings is 1. The summed E-state index contributed by atoms with van der Waals surface area (Å²) in [6.07, 6.45) is 1.97. The summed E-state index contributed by atoms with van der Waals surface area (Å²) in [5.74, 6) is -0.905. The van der Waals surface area contributed by atoms with Crippen molar-refractivity contribution in [3.8, 4) is 0 Å². The number of aliphatic hydroxyl groups excluding tert-OH is 1. The lowest BCUT2D eigenvalue weighted by molar-refractivity contribution is -0.143. The molecule has 0 bridgehead atoms. The van der Waals surface area contributed by atoms with E-state index in [-0.39, 0.29) is 6.61 Å². The standard InChI is InChI=1S/C12H17NO3S/c1-13(7-8-14)11(12(15)16)9-3-5-10(17-2)6-4-9/h3-6,11,14H,7-8H2,1-2H3,(H,15,16). The number of carboxylic acids is 1. The van der Waals surface area contributed by atoms with Crippen LogP contribution in [0.1, 0.15) is 11.6 Å². The Bertz CT molecular complexity index is 367. The summed E-state index contributed by atoms with van der Waals surface area (Å²) in [6.45, 7) is 0.282. The maximum Gasteiger partial charge on any atom is 0.325 e. The molecular formula is C12H17NO3S. The monoisotopic (exact) mass is 255 g/mol. The van der Waals surface area contributed by atoms with Crippen molar-refractivity contribution < 1.29 is 15.0 Å². The molecule has 1 aromatic rings. The molecule has 1 atom stereocenters. The molecule has 94 valence electrons. The smallest absolute Gasteiger partial charge is 0.325 e. The van der Waals surface area contributed by atoms with Crippen LogP contribution in [0.4, 0.5) is 0 Å². The molecule has 0 heterocycles. The van der Waals surface area contributed by atoms with E-state index in [0.29, 0.717) is 6.54 Å². The fourth-order valence-corrected chi connectivity index (χ4v) is 2.07. The Kier molecular flexibility index (Phi) is 5.47. The average molecular weight is 255 g/mol. The number of thioether (sulfide) groups is 1. The maximum absolute atomic E-state index is 11.2. The Morgan fingerprint density at radius 2 is 2.00 bits per heavy atom. The van der Waals surface area contributed by atoms with Gasteiger partial charge >= 0.3 is 5.97 Å². The van der Waals surface area contributed by atoms with E-state index < -0.39 is 12.0 Å². The molecule has 0 amide bonds. The summed E-state index contributed by atoms with van der Waals surface area (Å²) in [7, 11) is 1.69. The normalized spacial score (nSPS) is 12.7. The minimum Gasteiger partial charge on any atom is -0.480 e. The second kappa shape index (κ2) is 6.64. The van der Waals surface area contributed by atoms with E-state index in [0.717, 1.165) is 10.5 Å². The molecule has 0 spiro atoms. The number of likely N-dealkylation sites (N-methyl/N-ethyl adjacent to an activating group) is 1. The van der Waals surface area contributed by atoms with E-state index in [4.69, 9.17) is 5.11 Å². The van der Waals surface area contributed by atoms with Crippen LogP contribution in [-0.2, 0) is 4.79 Å². The molecule has 0 radical (unpaired) electrons. The largest absolute Gasteiger partial charge is 0.480 e. The Labute approximate surface area is 105 Å². The van der Waals surface area contributed by atoms with Gasteiger partial charge in [-0.3, -0.25) is 9.69 Å². The molecule has 5 heteroatoms. The van der Waals surface area contributed by atoms with E-state index in [1.54, 1.807) is 23.7 Å². The van der Waals surface area contributed by atoms with E-state index >= 15 is 0 Å². The van der Waals surface area contributed by atoms with Crippen molar-refractivity contribution in [2.45, 2.75) is 10.9 Å². The third kappa shape index (κ3) is 3.73. The molecule has 0 aliphatic heterocycles. The Morgan fingerprint density at radius 1 is 1.41 bits per heavy atom. The van der Waals surface area contributed by atoms with Crippen LogP contribution in [0.25, 0.3) is 0 Å². The van der Waals surface area contributed by atoms with Crippen LogP contribution in [0.3, 0.4) is 0 Å². The predicted octanol–water partition coefficient (Wildman–Crippen LogP) is 1.46. The topological polar surface area (TPSA) is 60.8 Å². The van der Waals surface area contributed by atoms with Crippen LogP contribution in [0.15, 0.2) is 29.2 Å². The quantitative estimate of drug-likeness (QED) is 0.754. The fraction of sp³-hybridized carbons (Fsp3) is 0.417. The first-order chi connectivity index (χ1) is 8.10. The highest BCUT2D eigenvalue weighted by Gasteiger charge is 2.23. The van der Waals surface area contributed by atoms with Crippen LogP contribution >= 0.6 is 11.8 Å². The molecule has 0 saturated carbocycles. The SMILES string of the molecule is CSc1ccc(C(C(=O)O)N(C)CCO)cc1. The highest BCUT2D eigenvalue weighted by atomic mass is 32.2. The highest BCUT2D eigenvalue weighted by molar-refractivity contribution is 7.98.